The van der Waals surface area contributed by atoms with Crippen molar-refractivity contribution in [1.82, 2.24) is 24.0 Å². The van der Waals surface area contributed by atoms with Crippen molar-refractivity contribution in [2.24, 2.45) is 7.05 Å². The fourth-order valence-electron chi connectivity index (χ4n) is 5.40. The van der Waals surface area contributed by atoms with Crippen molar-refractivity contribution in [1.29, 1.82) is 5.26 Å². The number of ether oxygens (including phenoxy) is 1. The van der Waals surface area contributed by atoms with Crippen molar-refractivity contribution in [3.63, 3.8) is 0 Å². The fraction of sp³-hybridized carbons (Fsp3) is 0.323. The largest absolute Gasteiger partial charge is 0.492 e. The summed E-state index contributed by atoms with van der Waals surface area (Å²) in [5, 5.41) is 9.41. The summed E-state index contributed by atoms with van der Waals surface area (Å²) in [4.78, 5) is 36.8. The number of halogens is 2. The molecule has 1 aliphatic heterocycles. The van der Waals surface area contributed by atoms with Gasteiger partial charge in [0.1, 0.15) is 23.2 Å². The van der Waals surface area contributed by atoms with Crippen molar-refractivity contribution < 1.29 is 18.3 Å². The van der Waals surface area contributed by atoms with Crippen LogP contribution in [0.1, 0.15) is 70.4 Å². The van der Waals surface area contributed by atoms with Gasteiger partial charge in [0, 0.05) is 73.7 Å². The molecule has 1 aromatic carbocycles. The number of carbonyl (C=O) groups is 1. The predicted octanol–water partition coefficient (Wildman–Crippen LogP) is 4.97. The van der Waals surface area contributed by atoms with Crippen LogP contribution in [0, 0.1) is 18.3 Å². The molecule has 3 aromatic heterocycles. The lowest BCUT2D eigenvalue weighted by molar-refractivity contribution is 0.0669. The molecule has 0 saturated heterocycles. The van der Waals surface area contributed by atoms with E-state index in [4.69, 9.17) is 4.74 Å². The van der Waals surface area contributed by atoms with Crippen LogP contribution >= 0.6 is 0 Å². The van der Waals surface area contributed by atoms with E-state index in [1.165, 1.54) is 24.0 Å². The lowest BCUT2D eigenvalue weighted by Crippen LogP contribution is -2.40. The molecule has 1 amide bonds. The van der Waals surface area contributed by atoms with Gasteiger partial charge in [0.25, 0.3) is 17.9 Å². The summed E-state index contributed by atoms with van der Waals surface area (Å²) in [5.74, 6) is 0.904. The summed E-state index contributed by atoms with van der Waals surface area (Å²) in [6.07, 6.45) is 3.88. The molecular formula is C31H30F2N6O3. The zero-order chi connectivity index (χ0) is 30.1. The van der Waals surface area contributed by atoms with Gasteiger partial charge in [-0.05, 0) is 56.0 Å². The molecule has 0 fully saturated rings. The van der Waals surface area contributed by atoms with E-state index in [2.05, 4.69) is 16.0 Å². The summed E-state index contributed by atoms with van der Waals surface area (Å²) in [5.41, 5.74) is 2.48. The Morgan fingerprint density at radius 2 is 1.88 bits per heavy atom. The normalized spacial score (nSPS) is 13.7. The second-order valence-electron chi connectivity index (χ2n) is 10.2. The van der Waals surface area contributed by atoms with Gasteiger partial charge in [-0.1, -0.05) is 0 Å². The van der Waals surface area contributed by atoms with E-state index >= 15 is 0 Å². The molecule has 9 nitrogen and oxygen atoms in total. The third-order valence-corrected chi connectivity index (χ3v) is 7.67. The molecule has 0 aliphatic carbocycles. The van der Waals surface area contributed by atoms with Gasteiger partial charge >= 0.3 is 0 Å². The van der Waals surface area contributed by atoms with Crippen LogP contribution in [-0.2, 0) is 20.0 Å². The molecule has 0 spiro atoms. The standard InChI is InChI=1S/C31H30F2N6O3/c1-5-42-28-13-27(36-15-21(28)14-34)18(2)39-8-6-22-23(26-17-37(4)29(40)12-24(26)30(32)33)10-20(11-25(22)31(39)41)16-38-9-7-35-19(38)3/h7,9-13,15,17-18,30H,5-6,8,16H2,1-4H3. The third kappa shape index (κ3) is 5.28. The summed E-state index contributed by atoms with van der Waals surface area (Å²) in [7, 11) is 1.52. The van der Waals surface area contributed by atoms with Gasteiger partial charge in [0.05, 0.1) is 18.3 Å². The lowest BCUT2D eigenvalue weighted by Gasteiger charge is -2.35. The van der Waals surface area contributed by atoms with E-state index < -0.39 is 18.0 Å². The molecule has 0 bridgehead atoms. The van der Waals surface area contributed by atoms with Crippen LogP contribution in [0.4, 0.5) is 8.78 Å². The Morgan fingerprint density at radius 1 is 1.12 bits per heavy atom. The minimum atomic E-state index is -2.87. The number of alkyl halides is 2. The molecule has 0 saturated carbocycles. The number of carbonyl (C=O) groups excluding carboxylic acids is 1. The van der Waals surface area contributed by atoms with Crippen molar-refractivity contribution in [3.05, 3.63) is 98.7 Å². The molecule has 4 heterocycles. The molecule has 216 valence electrons. The van der Waals surface area contributed by atoms with E-state index in [-0.39, 0.29) is 17.0 Å². The van der Waals surface area contributed by atoms with Gasteiger partial charge in [-0.15, -0.1) is 0 Å². The van der Waals surface area contributed by atoms with Gasteiger partial charge < -0.3 is 18.8 Å². The number of fused-ring (bicyclic) bond motifs is 1. The molecule has 4 aromatic rings. The number of nitriles is 1. The van der Waals surface area contributed by atoms with E-state index in [0.717, 1.165) is 17.5 Å². The average Bonchev–Trinajstić information content (AvgIpc) is 3.37. The first-order valence-corrected chi connectivity index (χ1v) is 13.6. The molecule has 0 N–H and O–H groups in total. The van der Waals surface area contributed by atoms with E-state index in [1.807, 2.05) is 37.6 Å². The van der Waals surface area contributed by atoms with Gasteiger partial charge in [-0.3, -0.25) is 14.6 Å². The molecular weight excluding hydrogens is 542 g/mol. The van der Waals surface area contributed by atoms with Gasteiger partial charge in [-0.2, -0.15) is 5.26 Å². The van der Waals surface area contributed by atoms with Gasteiger partial charge in [0.2, 0.25) is 0 Å². The topological polar surface area (TPSA) is 106 Å². The summed E-state index contributed by atoms with van der Waals surface area (Å²) in [6, 6.07) is 7.89. The van der Waals surface area contributed by atoms with Crippen LogP contribution < -0.4 is 10.3 Å². The number of aryl methyl sites for hydroxylation is 2. The maximum Gasteiger partial charge on any atom is 0.264 e. The second-order valence-corrected chi connectivity index (χ2v) is 10.2. The number of imidazole rings is 1. The van der Waals surface area contributed by atoms with Crippen molar-refractivity contribution in [3.8, 4) is 22.9 Å². The highest BCUT2D eigenvalue weighted by atomic mass is 19.3. The Balaban J connectivity index is 1.63. The van der Waals surface area contributed by atoms with Crippen molar-refractivity contribution >= 4 is 5.91 Å². The predicted molar refractivity (Wildman–Crippen MR) is 151 cm³/mol. The lowest BCUT2D eigenvalue weighted by atomic mass is 9.86. The van der Waals surface area contributed by atoms with Crippen LogP contribution in [0.5, 0.6) is 5.75 Å². The van der Waals surface area contributed by atoms with Crippen LogP contribution in [0.15, 0.2) is 53.8 Å². The Hall–Kier alpha value is -4.85. The molecule has 0 radical (unpaired) electrons. The Morgan fingerprint density at radius 3 is 2.55 bits per heavy atom. The van der Waals surface area contributed by atoms with Gasteiger partial charge in [-0.25, -0.2) is 13.8 Å². The second kappa shape index (κ2) is 11.6. The number of amides is 1. The number of pyridine rings is 2. The highest BCUT2D eigenvalue weighted by Crippen LogP contribution is 2.38. The summed E-state index contributed by atoms with van der Waals surface area (Å²) in [6.45, 7) is 6.60. The maximum atomic E-state index is 14.2. The van der Waals surface area contributed by atoms with Crippen LogP contribution in [-0.4, -0.2) is 43.1 Å². The van der Waals surface area contributed by atoms with E-state index in [1.54, 1.807) is 23.2 Å². The zero-order valence-corrected chi connectivity index (χ0v) is 23.8. The minimum Gasteiger partial charge on any atom is -0.492 e. The molecule has 42 heavy (non-hydrogen) atoms. The van der Waals surface area contributed by atoms with E-state index in [9.17, 15) is 23.6 Å². The third-order valence-electron chi connectivity index (χ3n) is 7.67. The monoisotopic (exact) mass is 572 g/mol. The van der Waals surface area contributed by atoms with Crippen LogP contribution in [0.25, 0.3) is 11.1 Å². The van der Waals surface area contributed by atoms with E-state index in [0.29, 0.717) is 59.8 Å². The molecule has 11 heteroatoms. The molecule has 1 aliphatic rings. The summed E-state index contributed by atoms with van der Waals surface area (Å²) < 4.78 is 37.2. The number of nitrogens with zero attached hydrogens (tertiary/aromatic N) is 6. The quantitative estimate of drug-likeness (QED) is 0.295. The Kier molecular flexibility index (Phi) is 7.89. The minimum absolute atomic E-state index is 0.219. The van der Waals surface area contributed by atoms with Crippen molar-refractivity contribution in [2.75, 3.05) is 13.2 Å². The van der Waals surface area contributed by atoms with Crippen molar-refractivity contribution in [2.45, 2.75) is 46.2 Å². The smallest absolute Gasteiger partial charge is 0.264 e. The number of hydrogen-bond acceptors (Lipinski definition) is 6. The number of rotatable bonds is 8. The SMILES string of the molecule is CCOc1cc(C(C)N2CCc3c(cc(Cn4ccnc4C)cc3-c3cn(C)c(=O)cc3C(F)F)C2=O)ncc1C#N. The number of aromatic nitrogens is 4. The molecule has 1 atom stereocenters. The zero-order valence-electron chi connectivity index (χ0n) is 23.8. The van der Waals surface area contributed by atoms with Crippen LogP contribution in [0.3, 0.4) is 0 Å². The maximum absolute atomic E-state index is 14.2. The average molecular weight is 573 g/mol. The molecule has 1 unspecified atom stereocenters. The fourth-order valence-corrected chi connectivity index (χ4v) is 5.40. The summed E-state index contributed by atoms with van der Waals surface area (Å²) >= 11 is 0. The first-order valence-electron chi connectivity index (χ1n) is 13.6. The highest BCUT2D eigenvalue weighted by Gasteiger charge is 2.33. The first-order chi connectivity index (χ1) is 20.1. The Labute approximate surface area is 241 Å². The molecule has 5 rings (SSSR count). The highest BCUT2D eigenvalue weighted by molar-refractivity contribution is 5.99. The number of hydrogen-bond donors (Lipinski definition) is 0. The Bertz CT molecular complexity index is 1770. The van der Waals surface area contributed by atoms with Gasteiger partial charge in [0.15, 0.2) is 0 Å². The number of benzene rings is 1. The van der Waals surface area contributed by atoms with Crippen LogP contribution in [0.2, 0.25) is 0 Å². The first kappa shape index (κ1) is 28.7.